The molecule has 2 N–H and O–H groups in total. The molecule has 0 aliphatic heterocycles. The molecule has 0 amide bonds. The van der Waals surface area contributed by atoms with Crippen LogP contribution in [0.5, 0.6) is 11.5 Å². The number of benzene rings is 2. The maximum atomic E-state index is 11.8. The third-order valence-corrected chi connectivity index (χ3v) is 3.06. The largest absolute Gasteiger partial charge is 0.462 e. The number of hydrogen-bond donors (Lipinski definition) is 1. The molecule has 0 saturated heterocycles. The van der Waals surface area contributed by atoms with Crippen molar-refractivity contribution in [2.75, 3.05) is 12.3 Å². The first kappa shape index (κ1) is 15.5. The van der Waals surface area contributed by atoms with E-state index in [1.54, 1.807) is 43.3 Å². The molecule has 2 aromatic carbocycles. The Morgan fingerprint density at radius 2 is 1.86 bits per heavy atom. The van der Waals surface area contributed by atoms with E-state index in [1.807, 2.05) is 0 Å². The number of nitrogen functional groups attached to an aromatic ring is 1. The number of carbonyl (C=O) groups excluding carboxylic acids is 1. The van der Waals surface area contributed by atoms with Crippen molar-refractivity contribution < 1.29 is 14.3 Å². The van der Waals surface area contributed by atoms with E-state index in [1.165, 1.54) is 0 Å². The molecule has 0 aliphatic rings. The minimum Gasteiger partial charge on any atom is -0.462 e. The molecular formula is C15H13Cl2NO3. The van der Waals surface area contributed by atoms with Crippen molar-refractivity contribution in [2.45, 2.75) is 6.92 Å². The van der Waals surface area contributed by atoms with Crippen LogP contribution in [0.4, 0.5) is 5.69 Å². The van der Waals surface area contributed by atoms with Crippen LogP contribution in [-0.2, 0) is 4.74 Å². The standard InChI is InChI=1S/C15H13Cl2NO3/c1-2-20-15(19)12-4-3-5-13(14(12)18)21-11-7-9(16)6-10(17)8-11/h3-8H,2,18H2,1H3. The Labute approximate surface area is 132 Å². The first-order valence-electron chi connectivity index (χ1n) is 6.20. The summed E-state index contributed by atoms with van der Waals surface area (Å²) in [6.07, 6.45) is 0. The van der Waals surface area contributed by atoms with Gasteiger partial charge in [-0.15, -0.1) is 0 Å². The zero-order chi connectivity index (χ0) is 15.4. The van der Waals surface area contributed by atoms with E-state index in [0.717, 1.165) is 0 Å². The molecule has 2 aromatic rings. The van der Waals surface area contributed by atoms with E-state index in [2.05, 4.69) is 0 Å². The number of hydrogen-bond acceptors (Lipinski definition) is 4. The van der Waals surface area contributed by atoms with Crippen molar-refractivity contribution in [3.8, 4) is 11.5 Å². The number of esters is 1. The lowest BCUT2D eigenvalue weighted by molar-refractivity contribution is 0.0527. The molecule has 0 aliphatic carbocycles. The summed E-state index contributed by atoms with van der Waals surface area (Å²) in [6.45, 7) is 2.00. The van der Waals surface area contributed by atoms with Crippen molar-refractivity contribution in [2.24, 2.45) is 0 Å². The van der Waals surface area contributed by atoms with Gasteiger partial charge in [0, 0.05) is 10.0 Å². The van der Waals surface area contributed by atoms with Crippen LogP contribution in [0.15, 0.2) is 36.4 Å². The van der Waals surface area contributed by atoms with E-state index in [0.29, 0.717) is 21.5 Å². The molecule has 0 fully saturated rings. The lowest BCUT2D eigenvalue weighted by Gasteiger charge is -2.12. The van der Waals surface area contributed by atoms with Crippen LogP contribution in [0, 0.1) is 0 Å². The normalized spacial score (nSPS) is 10.2. The van der Waals surface area contributed by atoms with Gasteiger partial charge in [0.05, 0.1) is 17.9 Å². The molecule has 110 valence electrons. The van der Waals surface area contributed by atoms with Gasteiger partial charge in [-0.2, -0.15) is 0 Å². The van der Waals surface area contributed by atoms with Gasteiger partial charge in [0.2, 0.25) is 0 Å². The maximum absolute atomic E-state index is 11.8. The highest BCUT2D eigenvalue weighted by atomic mass is 35.5. The third-order valence-electron chi connectivity index (χ3n) is 2.63. The van der Waals surface area contributed by atoms with Gasteiger partial charge in [-0.1, -0.05) is 29.3 Å². The van der Waals surface area contributed by atoms with Crippen LogP contribution in [0.1, 0.15) is 17.3 Å². The van der Waals surface area contributed by atoms with E-state index in [4.69, 9.17) is 38.4 Å². The minimum absolute atomic E-state index is 0.201. The number of ether oxygens (including phenoxy) is 2. The summed E-state index contributed by atoms with van der Waals surface area (Å²) in [5.41, 5.74) is 6.40. The van der Waals surface area contributed by atoms with Crippen molar-refractivity contribution in [3.63, 3.8) is 0 Å². The van der Waals surface area contributed by atoms with Crippen LogP contribution in [0.2, 0.25) is 10.0 Å². The summed E-state index contributed by atoms with van der Waals surface area (Å²) in [5.74, 6) is 0.267. The van der Waals surface area contributed by atoms with Crippen LogP contribution >= 0.6 is 23.2 Å². The van der Waals surface area contributed by atoms with Gasteiger partial charge >= 0.3 is 5.97 Å². The van der Waals surface area contributed by atoms with E-state index >= 15 is 0 Å². The van der Waals surface area contributed by atoms with E-state index in [-0.39, 0.29) is 17.9 Å². The number of nitrogens with two attached hydrogens (primary N) is 1. The summed E-state index contributed by atoms with van der Waals surface area (Å²) in [4.78, 5) is 11.8. The predicted octanol–water partition coefficient (Wildman–Crippen LogP) is 4.54. The Balaban J connectivity index is 2.32. The Morgan fingerprint density at radius 1 is 1.19 bits per heavy atom. The highest BCUT2D eigenvalue weighted by Crippen LogP contribution is 2.33. The average molecular weight is 326 g/mol. The van der Waals surface area contributed by atoms with Gasteiger partial charge in [0.1, 0.15) is 5.75 Å². The second-order valence-electron chi connectivity index (χ2n) is 4.15. The Morgan fingerprint density at radius 3 is 2.48 bits per heavy atom. The molecule has 0 radical (unpaired) electrons. The quantitative estimate of drug-likeness (QED) is 0.662. The van der Waals surface area contributed by atoms with E-state index < -0.39 is 5.97 Å². The molecule has 0 saturated carbocycles. The van der Waals surface area contributed by atoms with Crippen LogP contribution in [0.3, 0.4) is 0 Å². The molecule has 4 nitrogen and oxygen atoms in total. The first-order chi connectivity index (χ1) is 10.0. The molecule has 0 unspecified atom stereocenters. The van der Waals surface area contributed by atoms with Gasteiger partial charge < -0.3 is 15.2 Å². The molecule has 6 heteroatoms. The van der Waals surface area contributed by atoms with Gasteiger partial charge in [-0.05, 0) is 37.3 Å². The number of carbonyl (C=O) groups is 1. The SMILES string of the molecule is CCOC(=O)c1cccc(Oc2cc(Cl)cc(Cl)c2)c1N. The fourth-order valence-electron chi connectivity index (χ4n) is 1.73. The third kappa shape index (κ3) is 3.80. The molecule has 0 heterocycles. The zero-order valence-electron chi connectivity index (χ0n) is 11.2. The number of para-hydroxylation sites is 1. The van der Waals surface area contributed by atoms with E-state index in [9.17, 15) is 4.79 Å². The van der Waals surface area contributed by atoms with Crippen molar-refractivity contribution in [1.82, 2.24) is 0 Å². The van der Waals surface area contributed by atoms with Gasteiger partial charge in [-0.25, -0.2) is 4.79 Å². The number of anilines is 1. The van der Waals surface area contributed by atoms with Gasteiger partial charge in [0.25, 0.3) is 0 Å². The lowest BCUT2D eigenvalue weighted by atomic mass is 10.1. The fourth-order valence-corrected chi connectivity index (χ4v) is 2.24. The smallest absolute Gasteiger partial charge is 0.340 e. The second kappa shape index (κ2) is 6.70. The first-order valence-corrected chi connectivity index (χ1v) is 6.96. The summed E-state index contributed by atoms with van der Waals surface area (Å²) in [6, 6.07) is 9.67. The molecule has 0 atom stereocenters. The molecular weight excluding hydrogens is 313 g/mol. The highest BCUT2D eigenvalue weighted by molar-refractivity contribution is 6.34. The maximum Gasteiger partial charge on any atom is 0.340 e. The summed E-state index contributed by atoms with van der Waals surface area (Å²) in [7, 11) is 0. The average Bonchev–Trinajstić information content (AvgIpc) is 2.40. The van der Waals surface area contributed by atoms with Crippen molar-refractivity contribution >= 4 is 34.9 Å². The molecule has 0 bridgehead atoms. The minimum atomic E-state index is -0.496. The predicted molar refractivity (Wildman–Crippen MR) is 83.3 cm³/mol. The summed E-state index contributed by atoms with van der Waals surface area (Å²) < 4.78 is 10.6. The Bertz CT molecular complexity index is 654. The number of rotatable bonds is 4. The summed E-state index contributed by atoms with van der Waals surface area (Å²) >= 11 is 11.8. The molecule has 2 rings (SSSR count). The van der Waals surface area contributed by atoms with Gasteiger partial charge in [-0.3, -0.25) is 0 Å². The number of halogens is 2. The zero-order valence-corrected chi connectivity index (χ0v) is 12.7. The topological polar surface area (TPSA) is 61.5 Å². The summed E-state index contributed by atoms with van der Waals surface area (Å²) in [5, 5.41) is 0.884. The molecule has 0 spiro atoms. The Hall–Kier alpha value is -1.91. The van der Waals surface area contributed by atoms with Gasteiger partial charge in [0.15, 0.2) is 5.75 Å². The van der Waals surface area contributed by atoms with Crippen molar-refractivity contribution in [3.05, 3.63) is 52.0 Å². The van der Waals surface area contributed by atoms with Crippen LogP contribution < -0.4 is 10.5 Å². The fraction of sp³-hybridized carbons (Fsp3) is 0.133. The Kier molecular flexibility index (Phi) is 4.94. The molecule has 21 heavy (non-hydrogen) atoms. The van der Waals surface area contributed by atoms with Crippen molar-refractivity contribution in [1.29, 1.82) is 0 Å². The highest BCUT2D eigenvalue weighted by Gasteiger charge is 2.15. The monoisotopic (exact) mass is 325 g/mol. The second-order valence-corrected chi connectivity index (χ2v) is 5.02. The molecule has 0 aromatic heterocycles. The van der Waals surface area contributed by atoms with Crippen LogP contribution in [0.25, 0.3) is 0 Å². The van der Waals surface area contributed by atoms with Crippen LogP contribution in [-0.4, -0.2) is 12.6 Å². The lowest BCUT2D eigenvalue weighted by Crippen LogP contribution is -2.08.